The lowest BCUT2D eigenvalue weighted by molar-refractivity contribution is 0.462. The maximum atomic E-state index is 11.0. The van der Waals surface area contributed by atoms with Crippen LogP contribution in [-0.4, -0.2) is 9.97 Å². The number of hydrogen-bond acceptors (Lipinski definition) is 4. The Morgan fingerprint density at radius 2 is 2.19 bits per heavy atom. The number of benzene rings is 1. The topological polar surface area (TPSA) is 81.0 Å². The molecule has 0 aliphatic rings. The summed E-state index contributed by atoms with van der Waals surface area (Å²) >= 11 is 0. The first-order valence-electron chi connectivity index (χ1n) is 4.74. The average Bonchev–Trinajstić information content (AvgIpc) is 2.22. The van der Waals surface area contributed by atoms with Gasteiger partial charge in [-0.05, 0) is 24.6 Å². The molecule has 1 aromatic heterocycles. The maximum Gasteiger partial charge on any atom is 0.254 e. The van der Waals surface area contributed by atoms with Crippen molar-refractivity contribution in [3.63, 3.8) is 0 Å². The van der Waals surface area contributed by atoms with Crippen LogP contribution in [0.15, 0.2) is 35.4 Å². The van der Waals surface area contributed by atoms with Crippen LogP contribution in [0.5, 0.6) is 11.6 Å². The molecule has 16 heavy (non-hydrogen) atoms. The van der Waals surface area contributed by atoms with Gasteiger partial charge in [-0.1, -0.05) is 6.07 Å². The van der Waals surface area contributed by atoms with Crippen molar-refractivity contribution in [1.29, 1.82) is 0 Å². The highest BCUT2D eigenvalue weighted by Gasteiger charge is 2.03. The molecule has 3 N–H and O–H groups in total. The molecule has 0 bridgehead atoms. The first-order chi connectivity index (χ1) is 7.65. The molecule has 0 saturated carbocycles. The number of aromatic amines is 1. The number of anilines is 1. The van der Waals surface area contributed by atoms with Crippen LogP contribution in [-0.2, 0) is 0 Å². The van der Waals surface area contributed by atoms with E-state index in [1.54, 1.807) is 12.1 Å². The van der Waals surface area contributed by atoms with E-state index in [9.17, 15) is 4.79 Å². The van der Waals surface area contributed by atoms with Crippen LogP contribution in [0.1, 0.15) is 5.56 Å². The third-order valence-corrected chi connectivity index (χ3v) is 2.03. The van der Waals surface area contributed by atoms with Gasteiger partial charge in [0.25, 0.3) is 5.56 Å². The monoisotopic (exact) mass is 217 g/mol. The molecule has 0 spiro atoms. The second kappa shape index (κ2) is 4.06. The van der Waals surface area contributed by atoms with E-state index in [4.69, 9.17) is 10.5 Å². The van der Waals surface area contributed by atoms with Crippen LogP contribution in [0.3, 0.4) is 0 Å². The number of aromatic nitrogens is 2. The number of rotatable bonds is 2. The van der Waals surface area contributed by atoms with Crippen LogP contribution in [0.4, 0.5) is 5.69 Å². The zero-order valence-electron chi connectivity index (χ0n) is 8.73. The zero-order valence-corrected chi connectivity index (χ0v) is 8.73. The number of nitrogen functional groups attached to an aromatic ring is 1. The third-order valence-electron chi connectivity index (χ3n) is 2.03. The highest BCUT2D eigenvalue weighted by molar-refractivity contribution is 5.55. The van der Waals surface area contributed by atoms with Gasteiger partial charge in [-0.2, -0.15) is 0 Å². The number of H-pyrrole nitrogens is 1. The molecular formula is C11H11N3O2. The Bertz CT molecular complexity index is 563. The van der Waals surface area contributed by atoms with Gasteiger partial charge >= 0.3 is 0 Å². The van der Waals surface area contributed by atoms with Crippen molar-refractivity contribution in [2.45, 2.75) is 6.92 Å². The standard InChI is InChI=1S/C11H11N3O2/c1-7-2-3-9(8(12)4-7)16-11-5-10(15)13-6-14-11/h2-6H,12H2,1H3,(H,13,14,15). The van der Waals surface area contributed by atoms with Gasteiger partial charge in [0.2, 0.25) is 5.88 Å². The first kappa shape index (κ1) is 10.2. The Kier molecular flexibility index (Phi) is 2.59. The summed E-state index contributed by atoms with van der Waals surface area (Å²) in [6, 6.07) is 6.67. The Balaban J connectivity index is 2.30. The Morgan fingerprint density at radius 3 is 2.88 bits per heavy atom. The Hall–Kier alpha value is -2.30. The van der Waals surface area contributed by atoms with Crippen molar-refractivity contribution in [2.24, 2.45) is 0 Å². The zero-order chi connectivity index (χ0) is 11.5. The number of nitrogens with zero attached hydrogens (tertiary/aromatic N) is 1. The van der Waals surface area contributed by atoms with Gasteiger partial charge in [-0.3, -0.25) is 4.79 Å². The SMILES string of the molecule is Cc1ccc(Oc2cc(=O)[nH]cn2)c(N)c1. The summed E-state index contributed by atoms with van der Waals surface area (Å²) in [5.74, 6) is 0.711. The van der Waals surface area contributed by atoms with E-state index in [0.29, 0.717) is 11.4 Å². The second-order valence-electron chi connectivity index (χ2n) is 3.39. The molecule has 5 nitrogen and oxygen atoms in total. The lowest BCUT2D eigenvalue weighted by Gasteiger charge is -2.07. The lowest BCUT2D eigenvalue weighted by Crippen LogP contribution is -2.05. The minimum atomic E-state index is -0.268. The minimum absolute atomic E-state index is 0.222. The fourth-order valence-corrected chi connectivity index (χ4v) is 1.28. The van der Waals surface area contributed by atoms with E-state index < -0.39 is 0 Å². The molecule has 1 aromatic carbocycles. The molecule has 0 atom stereocenters. The van der Waals surface area contributed by atoms with Crippen molar-refractivity contribution < 1.29 is 4.74 Å². The normalized spacial score (nSPS) is 10.1. The van der Waals surface area contributed by atoms with E-state index in [-0.39, 0.29) is 11.4 Å². The van der Waals surface area contributed by atoms with Crippen molar-refractivity contribution in [1.82, 2.24) is 9.97 Å². The van der Waals surface area contributed by atoms with E-state index >= 15 is 0 Å². The van der Waals surface area contributed by atoms with Gasteiger partial charge in [0.05, 0.1) is 18.1 Å². The van der Waals surface area contributed by atoms with Crippen LogP contribution < -0.4 is 16.0 Å². The smallest absolute Gasteiger partial charge is 0.254 e. The number of ether oxygens (including phenoxy) is 1. The molecular weight excluding hydrogens is 206 g/mol. The summed E-state index contributed by atoms with van der Waals surface area (Å²) in [5.41, 5.74) is 7.06. The van der Waals surface area contributed by atoms with Crippen LogP contribution in [0.25, 0.3) is 0 Å². The van der Waals surface area contributed by atoms with E-state index in [1.807, 2.05) is 13.0 Å². The van der Waals surface area contributed by atoms with Gasteiger partial charge in [0.1, 0.15) is 0 Å². The van der Waals surface area contributed by atoms with Crippen molar-refractivity contribution in [3.05, 3.63) is 46.5 Å². The van der Waals surface area contributed by atoms with Crippen molar-refractivity contribution in [3.8, 4) is 11.6 Å². The van der Waals surface area contributed by atoms with Crippen molar-refractivity contribution >= 4 is 5.69 Å². The summed E-state index contributed by atoms with van der Waals surface area (Å²) < 4.78 is 5.39. The molecule has 2 aromatic rings. The van der Waals surface area contributed by atoms with Crippen LogP contribution in [0, 0.1) is 6.92 Å². The largest absolute Gasteiger partial charge is 0.437 e. The Labute approximate surface area is 91.9 Å². The number of aryl methyl sites for hydroxylation is 1. The predicted molar refractivity (Wildman–Crippen MR) is 60.5 cm³/mol. The van der Waals surface area contributed by atoms with Crippen LogP contribution >= 0.6 is 0 Å². The highest BCUT2D eigenvalue weighted by atomic mass is 16.5. The summed E-state index contributed by atoms with van der Waals surface area (Å²) in [6.07, 6.45) is 1.28. The Morgan fingerprint density at radius 1 is 1.38 bits per heavy atom. The van der Waals surface area contributed by atoms with Gasteiger partial charge in [-0.15, -0.1) is 0 Å². The minimum Gasteiger partial charge on any atom is -0.437 e. The molecule has 0 unspecified atom stereocenters. The summed E-state index contributed by atoms with van der Waals surface area (Å²) in [7, 11) is 0. The quantitative estimate of drug-likeness (QED) is 0.746. The molecule has 5 heteroatoms. The molecule has 0 aliphatic carbocycles. The second-order valence-corrected chi connectivity index (χ2v) is 3.39. The predicted octanol–water partition coefficient (Wildman–Crippen LogP) is 1.45. The van der Waals surface area contributed by atoms with Gasteiger partial charge in [0, 0.05) is 0 Å². The molecule has 0 fully saturated rings. The summed E-state index contributed by atoms with van der Waals surface area (Å²) in [6.45, 7) is 1.94. The molecule has 2 rings (SSSR count). The molecule has 0 saturated heterocycles. The first-order valence-corrected chi connectivity index (χ1v) is 4.74. The number of nitrogens with one attached hydrogen (secondary N) is 1. The fourth-order valence-electron chi connectivity index (χ4n) is 1.28. The van der Waals surface area contributed by atoms with E-state index in [0.717, 1.165) is 5.56 Å². The molecule has 0 aliphatic heterocycles. The average molecular weight is 217 g/mol. The summed E-state index contributed by atoms with van der Waals surface area (Å²) in [5, 5.41) is 0. The van der Waals surface area contributed by atoms with Gasteiger partial charge in [0.15, 0.2) is 5.75 Å². The maximum absolute atomic E-state index is 11.0. The third kappa shape index (κ3) is 2.20. The van der Waals surface area contributed by atoms with E-state index in [1.165, 1.54) is 12.4 Å². The molecule has 0 radical (unpaired) electrons. The van der Waals surface area contributed by atoms with Crippen LogP contribution in [0.2, 0.25) is 0 Å². The van der Waals surface area contributed by atoms with E-state index in [2.05, 4.69) is 9.97 Å². The van der Waals surface area contributed by atoms with Gasteiger partial charge < -0.3 is 15.5 Å². The van der Waals surface area contributed by atoms with Crippen molar-refractivity contribution in [2.75, 3.05) is 5.73 Å². The van der Waals surface area contributed by atoms with Gasteiger partial charge in [-0.25, -0.2) is 4.98 Å². The lowest BCUT2D eigenvalue weighted by atomic mass is 10.2. The highest BCUT2D eigenvalue weighted by Crippen LogP contribution is 2.25. The number of hydrogen-bond donors (Lipinski definition) is 2. The number of nitrogens with two attached hydrogens (primary N) is 1. The molecule has 82 valence electrons. The fraction of sp³-hybridized carbons (Fsp3) is 0.0909. The molecule has 0 amide bonds. The molecule has 1 heterocycles. The summed E-state index contributed by atoms with van der Waals surface area (Å²) in [4.78, 5) is 17.3.